The Morgan fingerprint density at radius 1 is 1.20 bits per heavy atom. The Morgan fingerprint density at radius 3 is 2.45 bits per heavy atom. The minimum atomic E-state index is -0.918. The molecule has 2 aromatic rings. The highest BCUT2D eigenvalue weighted by Gasteiger charge is 2.20. The van der Waals surface area contributed by atoms with Gasteiger partial charge < -0.3 is 15.2 Å². The van der Waals surface area contributed by atoms with Gasteiger partial charge in [-0.1, -0.05) is 24.3 Å². The van der Waals surface area contributed by atoms with Crippen molar-refractivity contribution in [2.45, 2.75) is 13.0 Å². The molecule has 0 aliphatic carbocycles. The van der Waals surface area contributed by atoms with Gasteiger partial charge in [0.2, 0.25) is 0 Å². The van der Waals surface area contributed by atoms with Gasteiger partial charge in [-0.25, -0.2) is 4.79 Å². The Balaban J connectivity index is 2.29. The van der Waals surface area contributed by atoms with Crippen molar-refractivity contribution >= 4 is 11.7 Å². The fourth-order valence-corrected chi connectivity index (χ4v) is 2.07. The maximum Gasteiger partial charge on any atom is 0.330 e. The van der Waals surface area contributed by atoms with Crippen LogP contribution in [0.3, 0.4) is 0 Å². The molecule has 1 atom stereocenters. The first-order valence-corrected chi connectivity index (χ1v) is 6.30. The molecular formula is C16H17NO3. The SMILES string of the molecule is COc1ccc(C(Nc2ccccc2)C(=O)O)cc1C. The van der Waals surface area contributed by atoms with Crippen LogP contribution in [0.15, 0.2) is 48.5 Å². The highest BCUT2D eigenvalue weighted by molar-refractivity contribution is 5.79. The Morgan fingerprint density at radius 2 is 1.90 bits per heavy atom. The lowest BCUT2D eigenvalue weighted by atomic mass is 10.0. The average Bonchev–Trinajstić information content (AvgIpc) is 2.45. The van der Waals surface area contributed by atoms with Crippen LogP contribution in [0, 0.1) is 6.92 Å². The van der Waals surface area contributed by atoms with Crippen LogP contribution >= 0.6 is 0 Å². The molecule has 20 heavy (non-hydrogen) atoms. The van der Waals surface area contributed by atoms with Crippen molar-refractivity contribution in [3.63, 3.8) is 0 Å². The molecule has 0 aliphatic heterocycles. The standard InChI is InChI=1S/C16H17NO3/c1-11-10-12(8-9-14(11)20-2)15(16(18)19)17-13-6-4-3-5-7-13/h3-10,15,17H,1-2H3,(H,18,19). The first-order chi connectivity index (χ1) is 9.61. The van der Waals surface area contributed by atoms with Crippen LogP contribution in [0.25, 0.3) is 0 Å². The van der Waals surface area contributed by atoms with Gasteiger partial charge in [0, 0.05) is 5.69 Å². The lowest BCUT2D eigenvalue weighted by Gasteiger charge is -2.17. The number of anilines is 1. The van der Waals surface area contributed by atoms with Gasteiger partial charge in [-0.05, 0) is 42.3 Å². The van der Waals surface area contributed by atoms with E-state index in [1.54, 1.807) is 19.2 Å². The molecule has 4 nitrogen and oxygen atoms in total. The minimum Gasteiger partial charge on any atom is -0.496 e. The van der Waals surface area contributed by atoms with Crippen LogP contribution in [-0.4, -0.2) is 18.2 Å². The second-order valence-electron chi connectivity index (χ2n) is 4.51. The van der Waals surface area contributed by atoms with Crippen LogP contribution in [0.1, 0.15) is 17.2 Å². The molecule has 0 aromatic heterocycles. The highest BCUT2D eigenvalue weighted by atomic mass is 16.5. The lowest BCUT2D eigenvalue weighted by molar-refractivity contribution is -0.138. The van der Waals surface area contributed by atoms with E-state index in [4.69, 9.17) is 4.74 Å². The van der Waals surface area contributed by atoms with E-state index in [1.165, 1.54) is 0 Å². The molecule has 0 fully saturated rings. The third-order valence-electron chi connectivity index (χ3n) is 3.08. The van der Waals surface area contributed by atoms with Gasteiger partial charge in [-0.15, -0.1) is 0 Å². The van der Waals surface area contributed by atoms with Gasteiger partial charge in [0.15, 0.2) is 6.04 Å². The molecule has 1 unspecified atom stereocenters. The molecule has 0 radical (unpaired) electrons. The average molecular weight is 271 g/mol. The quantitative estimate of drug-likeness (QED) is 0.876. The fraction of sp³-hybridized carbons (Fsp3) is 0.188. The molecule has 0 aliphatic rings. The molecule has 2 aromatic carbocycles. The van der Waals surface area contributed by atoms with Crippen LogP contribution < -0.4 is 10.1 Å². The van der Waals surface area contributed by atoms with E-state index in [0.29, 0.717) is 5.56 Å². The van der Waals surface area contributed by atoms with Gasteiger partial charge in [-0.2, -0.15) is 0 Å². The van der Waals surface area contributed by atoms with E-state index in [0.717, 1.165) is 17.0 Å². The van der Waals surface area contributed by atoms with Crippen molar-refractivity contribution in [1.82, 2.24) is 0 Å². The van der Waals surface area contributed by atoms with Crippen LogP contribution in [0.2, 0.25) is 0 Å². The Hall–Kier alpha value is -2.49. The normalized spacial score (nSPS) is 11.7. The van der Waals surface area contributed by atoms with Crippen LogP contribution in [-0.2, 0) is 4.79 Å². The van der Waals surface area contributed by atoms with Crippen LogP contribution in [0.5, 0.6) is 5.75 Å². The van der Waals surface area contributed by atoms with E-state index in [2.05, 4.69) is 5.32 Å². The first-order valence-electron chi connectivity index (χ1n) is 6.30. The third kappa shape index (κ3) is 3.09. The van der Waals surface area contributed by atoms with E-state index >= 15 is 0 Å². The van der Waals surface area contributed by atoms with Gasteiger partial charge >= 0.3 is 5.97 Å². The number of carbonyl (C=O) groups is 1. The molecule has 0 bridgehead atoms. The zero-order valence-corrected chi connectivity index (χ0v) is 11.5. The number of nitrogens with one attached hydrogen (secondary N) is 1. The number of carboxylic acids is 1. The van der Waals surface area contributed by atoms with Crippen molar-refractivity contribution in [2.75, 3.05) is 12.4 Å². The van der Waals surface area contributed by atoms with Crippen molar-refractivity contribution < 1.29 is 14.6 Å². The number of para-hydroxylation sites is 1. The fourth-order valence-electron chi connectivity index (χ4n) is 2.07. The van der Waals surface area contributed by atoms with Crippen molar-refractivity contribution in [3.8, 4) is 5.75 Å². The number of ether oxygens (including phenoxy) is 1. The molecule has 0 saturated carbocycles. The van der Waals surface area contributed by atoms with Gasteiger partial charge in [0.25, 0.3) is 0 Å². The summed E-state index contributed by atoms with van der Waals surface area (Å²) in [6, 6.07) is 13.9. The summed E-state index contributed by atoms with van der Waals surface area (Å²) in [5, 5.41) is 12.4. The number of hydrogen-bond donors (Lipinski definition) is 2. The zero-order valence-electron chi connectivity index (χ0n) is 11.5. The monoisotopic (exact) mass is 271 g/mol. The molecule has 4 heteroatoms. The lowest BCUT2D eigenvalue weighted by Crippen LogP contribution is -2.20. The smallest absolute Gasteiger partial charge is 0.330 e. The maximum atomic E-state index is 11.5. The second kappa shape index (κ2) is 6.10. The highest BCUT2D eigenvalue weighted by Crippen LogP contribution is 2.25. The second-order valence-corrected chi connectivity index (χ2v) is 4.51. The number of aliphatic carboxylic acids is 1. The molecule has 0 amide bonds. The third-order valence-corrected chi connectivity index (χ3v) is 3.08. The first kappa shape index (κ1) is 13.9. The summed E-state index contributed by atoms with van der Waals surface area (Å²) >= 11 is 0. The van der Waals surface area contributed by atoms with Gasteiger partial charge in [0.1, 0.15) is 5.75 Å². The zero-order chi connectivity index (χ0) is 14.5. The number of rotatable bonds is 5. The summed E-state index contributed by atoms with van der Waals surface area (Å²) in [5.74, 6) is -0.170. The van der Waals surface area contributed by atoms with Crippen molar-refractivity contribution in [1.29, 1.82) is 0 Å². The number of methoxy groups -OCH3 is 1. The van der Waals surface area contributed by atoms with Gasteiger partial charge in [0.05, 0.1) is 7.11 Å². The molecule has 2 rings (SSSR count). The molecule has 0 saturated heterocycles. The summed E-state index contributed by atoms with van der Waals surface area (Å²) in [6.45, 7) is 1.89. The van der Waals surface area contributed by atoms with Crippen molar-refractivity contribution in [2.24, 2.45) is 0 Å². The number of benzene rings is 2. The molecule has 2 N–H and O–H groups in total. The summed E-state index contributed by atoms with van der Waals surface area (Å²) in [6.07, 6.45) is 0. The van der Waals surface area contributed by atoms with E-state index in [1.807, 2.05) is 43.3 Å². The Labute approximate surface area is 118 Å². The summed E-state index contributed by atoms with van der Waals surface area (Å²) in [7, 11) is 1.60. The van der Waals surface area contributed by atoms with E-state index in [-0.39, 0.29) is 0 Å². The summed E-state index contributed by atoms with van der Waals surface area (Å²) in [5.41, 5.74) is 2.37. The summed E-state index contributed by atoms with van der Waals surface area (Å²) in [4.78, 5) is 11.5. The van der Waals surface area contributed by atoms with Crippen molar-refractivity contribution in [3.05, 3.63) is 59.7 Å². The number of hydrogen-bond acceptors (Lipinski definition) is 3. The molecular weight excluding hydrogens is 254 g/mol. The predicted molar refractivity (Wildman–Crippen MR) is 78.2 cm³/mol. The summed E-state index contributed by atoms with van der Waals surface area (Å²) < 4.78 is 5.19. The van der Waals surface area contributed by atoms with E-state index < -0.39 is 12.0 Å². The largest absolute Gasteiger partial charge is 0.496 e. The van der Waals surface area contributed by atoms with Crippen LogP contribution in [0.4, 0.5) is 5.69 Å². The topological polar surface area (TPSA) is 58.6 Å². The Kier molecular flexibility index (Phi) is 4.25. The maximum absolute atomic E-state index is 11.5. The molecule has 0 heterocycles. The molecule has 104 valence electrons. The van der Waals surface area contributed by atoms with Gasteiger partial charge in [-0.3, -0.25) is 0 Å². The number of carboxylic acid groups (broad SMARTS) is 1. The van der Waals surface area contributed by atoms with E-state index in [9.17, 15) is 9.90 Å². The predicted octanol–water partition coefficient (Wildman–Crippen LogP) is 3.24. The minimum absolute atomic E-state index is 0.694. The number of aryl methyl sites for hydroxylation is 1. The Bertz CT molecular complexity index is 596. The molecule has 0 spiro atoms.